The summed E-state index contributed by atoms with van der Waals surface area (Å²) in [5, 5.41) is 12.3. The summed E-state index contributed by atoms with van der Waals surface area (Å²) >= 11 is 11.6. The Bertz CT molecular complexity index is 934. The Labute approximate surface area is 164 Å². The number of thiocarbonyl (C=S) groups is 1. The van der Waals surface area contributed by atoms with Gasteiger partial charge in [-0.15, -0.1) is 0 Å². The van der Waals surface area contributed by atoms with Crippen molar-refractivity contribution in [2.24, 2.45) is 0 Å². The van der Waals surface area contributed by atoms with Crippen LogP contribution >= 0.6 is 23.8 Å². The van der Waals surface area contributed by atoms with E-state index in [0.717, 1.165) is 33.9 Å². The van der Waals surface area contributed by atoms with Crippen molar-refractivity contribution < 1.29 is 0 Å². The summed E-state index contributed by atoms with van der Waals surface area (Å²) in [4.78, 5) is 0. The van der Waals surface area contributed by atoms with Crippen LogP contribution in [0, 0.1) is 20.8 Å². The van der Waals surface area contributed by atoms with E-state index < -0.39 is 0 Å². The normalized spacial score (nSPS) is 10.6. The van der Waals surface area contributed by atoms with Gasteiger partial charge in [0.25, 0.3) is 0 Å². The molecular formula is C20H21ClN4S. The summed E-state index contributed by atoms with van der Waals surface area (Å²) in [7, 11) is 0. The number of benzene rings is 2. The fraction of sp³-hybridized carbons (Fsp3) is 0.200. The highest BCUT2D eigenvalue weighted by Gasteiger charge is 2.13. The monoisotopic (exact) mass is 384 g/mol. The van der Waals surface area contributed by atoms with Crippen LogP contribution < -0.4 is 10.6 Å². The number of nitrogens with zero attached hydrogens (tertiary/aromatic N) is 2. The predicted octanol–water partition coefficient (Wildman–Crippen LogP) is 4.94. The largest absolute Gasteiger partial charge is 0.358 e. The van der Waals surface area contributed by atoms with Gasteiger partial charge in [-0.3, -0.25) is 0 Å². The van der Waals surface area contributed by atoms with Gasteiger partial charge in [0, 0.05) is 28.5 Å². The number of nitrogens with one attached hydrogen (secondary N) is 2. The van der Waals surface area contributed by atoms with Crippen LogP contribution in [0.4, 0.5) is 5.69 Å². The van der Waals surface area contributed by atoms with E-state index >= 15 is 0 Å². The average Bonchev–Trinajstić information content (AvgIpc) is 2.91. The van der Waals surface area contributed by atoms with Gasteiger partial charge in [-0.1, -0.05) is 35.9 Å². The first-order valence-electron chi connectivity index (χ1n) is 8.37. The van der Waals surface area contributed by atoms with Crippen LogP contribution in [0.3, 0.4) is 0 Å². The average molecular weight is 385 g/mol. The first kappa shape index (κ1) is 18.4. The molecule has 2 aromatic carbocycles. The summed E-state index contributed by atoms with van der Waals surface area (Å²) in [6.07, 6.45) is 0. The fourth-order valence-corrected chi connectivity index (χ4v) is 3.14. The number of aromatic nitrogens is 2. The number of hydrogen-bond acceptors (Lipinski definition) is 2. The zero-order valence-corrected chi connectivity index (χ0v) is 16.6. The van der Waals surface area contributed by atoms with Gasteiger partial charge in [0.15, 0.2) is 5.11 Å². The second-order valence-electron chi connectivity index (χ2n) is 6.17. The molecule has 6 heteroatoms. The molecule has 0 aliphatic rings. The van der Waals surface area contributed by atoms with Gasteiger partial charge in [0.05, 0.1) is 11.4 Å². The van der Waals surface area contributed by atoms with E-state index in [1.54, 1.807) is 0 Å². The minimum Gasteiger partial charge on any atom is -0.358 e. The highest BCUT2D eigenvalue weighted by Crippen LogP contribution is 2.20. The fourth-order valence-electron chi connectivity index (χ4n) is 2.77. The summed E-state index contributed by atoms with van der Waals surface area (Å²) in [6, 6.07) is 15.9. The van der Waals surface area contributed by atoms with Gasteiger partial charge in [0.2, 0.25) is 0 Å². The van der Waals surface area contributed by atoms with E-state index in [4.69, 9.17) is 23.8 Å². The molecule has 1 aromatic heterocycles. The summed E-state index contributed by atoms with van der Waals surface area (Å²) < 4.78 is 1.96. The minimum atomic E-state index is 0.552. The molecule has 2 N–H and O–H groups in total. The molecule has 0 amide bonds. The molecule has 0 atom stereocenters. The Morgan fingerprint density at radius 2 is 1.85 bits per heavy atom. The maximum Gasteiger partial charge on any atom is 0.171 e. The van der Waals surface area contributed by atoms with Crippen LogP contribution in [0.1, 0.15) is 22.5 Å². The molecule has 0 radical (unpaired) electrons. The Kier molecular flexibility index (Phi) is 5.59. The molecule has 134 valence electrons. The van der Waals surface area contributed by atoms with Crippen LogP contribution in [0.2, 0.25) is 5.02 Å². The molecule has 3 aromatic rings. The second kappa shape index (κ2) is 7.89. The number of rotatable bonds is 4. The van der Waals surface area contributed by atoms with E-state index in [-0.39, 0.29) is 0 Å². The Morgan fingerprint density at radius 3 is 2.54 bits per heavy atom. The number of aryl methyl sites for hydroxylation is 2. The summed E-state index contributed by atoms with van der Waals surface area (Å²) in [6.45, 7) is 6.66. The molecular weight excluding hydrogens is 364 g/mol. The highest BCUT2D eigenvalue weighted by atomic mass is 35.5. The molecule has 0 bridgehead atoms. The molecule has 3 rings (SSSR count). The second-order valence-corrected chi connectivity index (χ2v) is 6.98. The number of hydrogen-bond donors (Lipinski definition) is 2. The van der Waals surface area contributed by atoms with Gasteiger partial charge in [0.1, 0.15) is 0 Å². The topological polar surface area (TPSA) is 41.9 Å². The van der Waals surface area contributed by atoms with Crippen molar-refractivity contribution in [2.45, 2.75) is 27.3 Å². The smallest absolute Gasteiger partial charge is 0.171 e. The van der Waals surface area contributed by atoms with Crippen molar-refractivity contribution in [3.8, 4) is 5.69 Å². The van der Waals surface area contributed by atoms with E-state index in [2.05, 4.69) is 22.7 Å². The highest BCUT2D eigenvalue weighted by molar-refractivity contribution is 7.80. The molecule has 0 aliphatic carbocycles. The lowest BCUT2D eigenvalue weighted by Gasteiger charge is -2.12. The third kappa shape index (κ3) is 4.06. The van der Waals surface area contributed by atoms with Gasteiger partial charge >= 0.3 is 0 Å². The van der Waals surface area contributed by atoms with Crippen LogP contribution in [-0.4, -0.2) is 14.9 Å². The molecule has 4 nitrogen and oxygen atoms in total. The van der Waals surface area contributed by atoms with Crippen molar-refractivity contribution >= 4 is 34.6 Å². The molecule has 0 fully saturated rings. The zero-order valence-electron chi connectivity index (χ0n) is 15.0. The van der Waals surface area contributed by atoms with Crippen LogP contribution in [-0.2, 0) is 6.54 Å². The van der Waals surface area contributed by atoms with Crippen molar-refractivity contribution in [1.29, 1.82) is 0 Å². The zero-order chi connectivity index (χ0) is 18.7. The third-order valence-electron chi connectivity index (χ3n) is 4.30. The first-order valence-corrected chi connectivity index (χ1v) is 9.16. The van der Waals surface area contributed by atoms with E-state index in [0.29, 0.717) is 16.7 Å². The SMILES string of the molecule is Cc1ccc(NC(=S)NCc2c(C)nn(-c3ccccc3)c2C)cc1Cl. The number of para-hydroxylation sites is 1. The van der Waals surface area contributed by atoms with Crippen molar-refractivity contribution in [1.82, 2.24) is 15.1 Å². The Balaban J connectivity index is 1.69. The first-order chi connectivity index (χ1) is 12.5. The minimum absolute atomic E-state index is 0.552. The Hall–Kier alpha value is -2.37. The third-order valence-corrected chi connectivity index (χ3v) is 4.95. The molecule has 0 unspecified atom stereocenters. The molecule has 1 heterocycles. The molecule has 26 heavy (non-hydrogen) atoms. The summed E-state index contributed by atoms with van der Waals surface area (Å²) in [5.74, 6) is 0. The van der Waals surface area contributed by atoms with E-state index in [1.165, 1.54) is 0 Å². The lowest BCUT2D eigenvalue weighted by atomic mass is 10.2. The van der Waals surface area contributed by atoms with Crippen molar-refractivity contribution in [3.63, 3.8) is 0 Å². The maximum absolute atomic E-state index is 6.16. The molecule has 0 spiro atoms. The maximum atomic E-state index is 6.16. The lowest BCUT2D eigenvalue weighted by Crippen LogP contribution is -2.28. The Morgan fingerprint density at radius 1 is 1.12 bits per heavy atom. The van der Waals surface area contributed by atoms with Gasteiger partial charge in [-0.25, -0.2) is 4.68 Å². The van der Waals surface area contributed by atoms with Crippen LogP contribution in [0.5, 0.6) is 0 Å². The molecule has 0 aliphatic heterocycles. The number of anilines is 1. The van der Waals surface area contributed by atoms with E-state index in [9.17, 15) is 0 Å². The van der Waals surface area contributed by atoms with Gasteiger partial charge in [-0.05, 0) is 62.8 Å². The van der Waals surface area contributed by atoms with Gasteiger partial charge < -0.3 is 10.6 Å². The van der Waals surface area contributed by atoms with Crippen molar-refractivity contribution in [3.05, 3.63) is 76.1 Å². The molecule has 0 saturated heterocycles. The quantitative estimate of drug-likeness (QED) is 0.625. The number of halogens is 1. The summed E-state index contributed by atoms with van der Waals surface area (Å²) in [5.41, 5.74) is 6.18. The van der Waals surface area contributed by atoms with Crippen LogP contribution in [0.15, 0.2) is 48.5 Å². The van der Waals surface area contributed by atoms with Crippen LogP contribution in [0.25, 0.3) is 5.69 Å². The van der Waals surface area contributed by atoms with Crippen molar-refractivity contribution in [2.75, 3.05) is 5.32 Å². The van der Waals surface area contributed by atoms with Gasteiger partial charge in [-0.2, -0.15) is 5.10 Å². The van der Waals surface area contributed by atoms with E-state index in [1.807, 2.05) is 67.1 Å². The lowest BCUT2D eigenvalue weighted by molar-refractivity contribution is 0.830. The molecule has 0 saturated carbocycles. The standard InChI is InChI=1S/C20H21ClN4S/c1-13-9-10-16(11-19(13)21)23-20(26)22-12-18-14(2)24-25(15(18)3)17-7-5-4-6-8-17/h4-11H,12H2,1-3H3,(H2,22,23,26). The predicted molar refractivity (Wildman–Crippen MR) is 112 cm³/mol.